The van der Waals surface area contributed by atoms with Gasteiger partial charge in [0.2, 0.25) is 0 Å². The molecule has 1 amide bonds. The minimum Gasteiger partial charge on any atom is -0.338 e. The van der Waals surface area contributed by atoms with Gasteiger partial charge in [-0.15, -0.1) is 11.6 Å². The van der Waals surface area contributed by atoms with E-state index in [0.717, 1.165) is 23.1 Å². The summed E-state index contributed by atoms with van der Waals surface area (Å²) in [5.41, 5.74) is 0.658. The lowest BCUT2D eigenvalue weighted by molar-refractivity contribution is 0.0788. The lowest BCUT2D eigenvalue weighted by Crippen LogP contribution is -2.28. The topological polar surface area (TPSA) is 20.3 Å². The molecule has 1 atom stereocenters. The van der Waals surface area contributed by atoms with Crippen molar-refractivity contribution in [2.45, 2.75) is 6.42 Å². The molecule has 92 valence electrons. The highest BCUT2D eigenvalue weighted by molar-refractivity contribution is 14.1. The smallest absolute Gasteiger partial charge is 0.253 e. The summed E-state index contributed by atoms with van der Waals surface area (Å²) in [4.78, 5) is 14.0. The first kappa shape index (κ1) is 13.4. The largest absolute Gasteiger partial charge is 0.338 e. The SMILES string of the molecule is O=C(c1ccc(I)c(Cl)c1)N1CCC(CCl)C1. The zero-order chi connectivity index (χ0) is 12.4. The number of alkyl halides is 1. The number of hydrogen-bond acceptors (Lipinski definition) is 1. The summed E-state index contributed by atoms with van der Waals surface area (Å²) in [5.74, 6) is 1.10. The fourth-order valence-corrected chi connectivity index (χ4v) is 2.72. The molecule has 0 N–H and O–H groups in total. The van der Waals surface area contributed by atoms with E-state index in [4.69, 9.17) is 23.2 Å². The Balaban J connectivity index is 2.12. The van der Waals surface area contributed by atoms with Crippen molar-refractivity contribution in [2.75, 3.05) is 19.0 Å². The van der Waals surface area contributed by atoms with E-state index in [0.29, 0.717) is 22.4 Å². The second-order valence-corrected chi connectivity index (χ2v) is 6.07. The highest BCUT2D eigenvalue weighted by atomic mass is 127. The monoisotopic (exact) mass is 383 g/mol. The van der Waals surface area contributed by atoms with Crippen LogP contribution in [-0.2, 0) is 0 Å². The standard InChI is InChI=1S/C12H12Cl2INO/c13-6-8-3-4-16(7-8)12(17)9-1-2-11(15)10(14)5-9/h1-2,5,8H,3-4,6-7H2. The zero-order valence-electron chi connectivity index (χ0n) is 9.13. The molecule has 2 rings (SSSR count). The Morgan fingerprint density at radius 2 is 2.29 bits per heavy atom. The number of amides is 1. The summed E-state index contributed by atoms with van der Waals surface area (Å²) in [6.07, 6.45) is 0.993. The van der Waals surface area contributed by atoms with Crippen molar-refractivity contribution in [1.29, 1.82) is 0 Å². The Kier molecular flexibility index (Phi) is 4.55. The van der Waals surface area contributed by atoms with Gasteiger partial charge in [0.25, 0.3) is 5.91 Å². The van der Waals surface area contributed by atoms with Gasteiger partial charge in [-0.2, -0.15) is 0 Å². The molecule has 1 aromatic rings. The van der Waals surface area contributed by atoms with Gasteiger partial charge in [0.15, 0.2) is 0 Å². The zero-order valence-corrected chi connectivity index (χ0v) is 12.8. The minimum absolute atomic E-state index is 0.0518. The third-order valence-electron chi connectivity index (χ3n) is 2.96. The molecule has 2 nitrogen and oxygen atoms in total. The van der Waals surface area contributed by atoms with Crippen LogP contribution in [0.4, 0.5) is 0 Å². The van der Waals surface area contributed by atoms with Crippen molar-refractivity contribution in [3.05, 3.63) is 32.4 Å². The van der Waals surface area contributed by atoms with Gasteiger partial charge in [0.05, 0.1) is 5.02 Å². The molecule has 0 saturated carbocycles. The van der Waals surface area contributed by atoms with E-state index in [2.05, 4.69) is 22.6 Å². The molecule has 0 aliphatic carbocycles. The van der Waals surface area contributed by atoms with Crippen molar-refractivity contribution in [3.8, 4) is 0 Å². The molecule has 1 aromatic carbocycles. The molecular formula is C12H12Cl2INO. The molecule has 0 bridgehead atoms. The van der Waals surface area contributed by atoms with Crippen LogP contribution in [-0.4, -0.2) is 29.8 Å². The maximum atomic E-state index is 12.2. The van der Waals surface area contributed by atoms with Gasteiger partial charge >= 0.3 is 0 Å². The summed E-state index contributed by atoms with van der Waals surface area (Å²) in [7, 11) is 0. The second kappa shape index (κ2) is 5.76. The van der Waals surface area contributed by atoms with Crippen LogP contribution >= 0.6 is 45.8 Å². The Hall–Kier alpha value is -0.000000000000000167. The Bertz CT molecular complexity index is 439. The van der Waals surface area contributed by atoms with Gasteiger partial charge in [0.1, 0.15) is 0 Å². The second-order valence-electron chi connectivity index (χ2n) is 4.19. The molecule has 1 aliphatic rings. The van der Waals surface area contributed by atoms with Gasteiger partial charge in [0, 0.05) is 28.1 Å². The van der Waals surface area contributed by atoms with Crippen LogP contribution in [0.5, 0.6) is 0 Å². The van der Waals surface area contributed by atoms with Crippen LogP contribution < -0.4 is 0 Å². The van der Waals surface area contributed by atoms with Crippen LogP contribution in [0.25, 0.3) is 0 Å². The first-order valence-corrected chi connectivity index (χ1v) is 7.41. The maximum Gasteiger partial charge on any atom is 0.253 e. The van der Waals surface area contributed by atoms with Gasteiger partial charge in [-0.1, -0.05) is 11.6 Å². The van der Waals surface area contributed by atoms with Gasteiger partial charge < -0.3 is 4.90 Å². The lowest BCUT2D eigenvalue weighted by atomic mass is 10.1. The van der Waals surface area contributed by atoms with E-state index in [1.807, 2.05) is 17.0 Å². The third kappa shape index (κ3) is 3.06. The van der Waals surface area contributed by atoms with Crippen LogP contribution in [0.2, 0.25) is 5.02 Å². The van der Waals surface area contributed by atoms with Crippen LogP contribution in [0, 0.1) is 9.49 Å². The van der Waals surface area contributed by atoms with Crippen molar-refractivity contribution >= 4 is 51.7 Å². The molecule has 1 fully saturated rings. The molecule has 5 heteroatoms. The van der Waals surface area contributed by atoms with Crippen LogP contribution in [0.3, 0.4) is 0 Å². The predicted octanol–water partition coefficient (Wildman–Crippen LogP) is 3.65. The molecule has 1 heterocycles. The number of carbonyl (C=O) groups excluding carboxylic acids is 1. The van der Waals surface area contributed by atoms with Crippen molar-refractivity contribution in [2.24, 2.45) is 5.92 Å². The summed E-state index contributed by atoms with van der Waals surface area (Å²) >= 11 is 14.0. The summed E-state index contributed by atoms with van der Waals surface area (Å²) in [5, 5.41) is 0.629. The first-order chi connectivity index (χ1) is 8.11. The Labute approximate surface area is 124 Å². The predicted molar refractivity (Wildman–Crippen MR) is 78.9 cm³/mol. The number of halogens is 3. The lowest BCUT2D eigenvalue weighted by Gasteiger charge is -2.16. The van der Waals surface area contributed by atoms with E-state index in [1.165, 1.54) is 0 Å². The van der Waals surface area contributed by atoms with Gasteiger partial charge in [-0.3, -0.25) is 4.79 Å². The molecule has 0 aromatic heterocycles. The number of hydrogen-bond donors (Lipinski definition) is 0. The number of benzene rings is 1. The Morgan fingerprint density at radius 3 is 2.88 bits per heavy atom. The fourth-order valence-electron chi connectivity index (χ4n) is 1.95. The normalized spacial score (nSPS) is 19.7. The number of likely N-dealkylation sites (tertiary alicyclic amines) is 1. The maximum absolute atomic E-state index is 12.2. The average molecular weight is 384 g/mol. The molecule has 1 unspecified atom stereocenters. The summed E-state index contributed by atoms with van der Waals surface area (Å²) < 4.78 is 0.959. The highest BCUT2D eigenvalue weighted by Crippen LogP contribution is 2.23. The number of rotatable bonds is 2. The van der Waals surface area contributed by atoms with E-state index in [1.54, 1.807) is 6.07 Å². The molecular weight excluding hydrogens is 372 g/mol. The molecule has 0 spiro atoms. The molecule has 1 aliphatic heterocycles. The molecule has 0 radical (unpaired) electrons. The molecule has 17 heavy (non-hydrogen) atoms. The van der Waals surface area contributed by atoms with Crippen LogP contribution in [0.1, 0.15) is 16.8 Å². The molecule has 1 saturated heterocycles. The van der Waals surface area contributed by atoms with Crippen molar-refractivity contribution < 1.29 is 4.79 Å². The average Bonchev–Trinajstić information content (AvgIpc) is 2.80. The summed E-state index contributed by atoms with van der Waals surface area (Å²) in [6, 6.07) is 5.43. The quantitative estimate of drug-likeness (QED) is 0.564. The summed E-state index contributed by atoms with van der Waals surface area (Å²) in [6.45, 7) is 1.55. The van der Waals surface area contributed by atoms with E-state index >= 15 is 0 Å². The van der Waals surface area contributed by atoms with E-state index < -0.39 is 0 Å². The fraction of sp³-hybridized carbons (Fsp3) is 0.417. The van der Waals surface area contributed by atoms with Crippen molar-refractivity contribution in [1.82, 2.24) is 4.90 Å². The third-order valence-corrected chi connectivity index (χ3v) is 4.97. The highest BCUT2D eigenvalue weighted by Gasteiger charge is 2.26. The Morgan fingerprint density at radius 1 is 1.53 bits per heavy atom. The number of carbonyl (C=O) groups is 1. The van der Waals surface area contributed by atoms with E-state index in [9.17, 15) is 4.79 Å². The van der Waals surface area contributed by atoms with Crippen molar-refractivity contribution in [3.63, 3.8) is 0 Å². The van der Waals surface area contributed by atoms with E-state index in [-0.39, 0.29) is 5.91 Å². The van der Waals surface area contributed by atoms with Gasteiger partial charge in [-0.05, 0) is 53.1 Å². The van der Waals surface area contributed by atoms with Crippen LogP contribution in [0.15, 0.2) is 18.2 Å². The number of nitrogens with zero attached hydrogens (tertiary/aromatic N) is 1. The minimum atomic E-state index is 0.0518. The van der Waals surface area contributed by atoms with Gasteiger partial charge in [-0.25, -0.2) is 0 Å². The first-order valence-electron chi connectivity index (χ1n) is 5.42.